The molecule has 3 aliphatic rings. The molecule has 12 nitrogen and oxygen atoms in total. The van der Waals surface area contributed by atoms with Crippen molar-refractivity contribution in [1.82, 2.24) is 29.5 Å². The van der Waals surface area contributed by atoms with Gasteiger partial charge in [-0.25, -0.2) is 24.7 Å². The third kappa shape index (κ3) is 5.29. The van der Waals surface area contributed by atoms with Gasteiger partial charge in [0.1, 0.15) is 10.7 Å². The van der Waals surface area contributed by atoms with Crippen molar-refractivity contribution in [3.8, 4) is 17.2 Å². The van der Waals surface area contributed by atoms with Crippen LogP contribution in [-0.2, 0) is 19.0 Å². The van der Waals surface area contributed by atoms with Crippen LogP contribution >= 0.6 is 11.6 Å². The lowest BCUT2D eigenvalue weighted by molar-refractivity contribution is -0.164. The Kier molecular flexibility index (Phi) is 7.43. The maximum absolute atomic E-state index is 16.1. The summed E-state index contributed by atoms with van der Waals surface area (Å²) in [5.74, 6) is -1.49. The summed E-state index contributed by atoms with van der Waals surface area (Å²) < 4.78 is 32.5. The van der Waals surface area contributed by atoms with Crippen molar-refractivity contribution in [3.63, 3.8) is 0 Å². The second-order valence-electron chi connectivity index (χ2n) is 10.00. The lowest BCUT2D eigenvalue weighted by Gasteiger charge is -2.47. The van der Waals surface area contributed by atoms with Gasteiger partial charge in [-0.15, -0.1) is 0 Å². The van der Waals surface area contributed by atoms with Gasteiger partial charge < -0.3 is 29.1 Å². The number of halogens is 2. The monoisotopic (exact) mass is 583 g/mol. The smallest absolute Gasteiger partial charge is 0.435 e. The molecule has 4 aromatic rings. The number of anilines is 1. The maximum Gasteiger partial charge on any atom is 0.511 e. The van der Waals surface area contributed by atoms with Gasteiger partial charge in [-0.05, 0) is 56.6 Å². The van der Waals surface area contributed by atoms with E-state index in [-0.39, 0.29) is 41.1 Å². The number of rotatable bonds is 8. The Hall–Kier alpha value is -4.26. The van der Waals surface area contributed by atoms with Gasteiger partial charge in [0.2, 0.25) is 12.6 Å². The Morgan fingerprint density at radius 2 is 1.85 bits per heavy atom. The fourth-order valence-electron chi connectivity index (χ4n) is 5.88. The zero-order valence-electron chi connectivity index (χ0n) is 22.0. The van der Waals surface area contributed by atoms with E-state index >= 15 is 4.39 Å². The number of ether oxygens (including phenoxy) is 3. The third-order valence-electron chi connectivity index (χ3n) is 7.71. The molecule has 2 bridgehead atoms. The van der Waals surface area contributed by atoms with Gasteiger partial charge in [0.25, 0.3) is 0 Å². The summed E-state index contributed by atoms with van der Waals surface area (Å²) in [7, 11) is 0. The number of esters is 1. The molecule has 14 heteroatoms. The van der Waals surface area contributed by atoms with Gasteiger partial charge in [-0.2, -0.15) is 4.39 Å². The van der Waals surface area contributed by atoms with Crippen molar-refractivity contribution in [2.45, 2.75) is 38.6 Å². The predicted molar refractivity (Wildman–Crippen MR) is 145 cm³/mol. The molecule has 41 heavy (non-hydrogen) atoms. The zero-order valence-corrected chi connectivity index (χ0v) is 22.8. The number of H-pyrrole nitrogens is 1. The first-order valence-electron chi connectivity index (χ1n) is 13.4. The largest absolute Gasteiger partial charge is 0.511 e. The number of carbonyl (C=O) groups excluding carboxylic acids is 2. The van der Waals surface area contributed by atoms with E-state index in [1.807, 2.05) is 0 Å². The number of nitrogens with one attached hydrogen (secondary N) is 2. The van der Waals surface area contributed by atoms with Crippen LogP contribution in [0.2, 0.25) is 5.15 Å². The van der Waals surface area contributed by atoms with Gasteiger partial charge in [0, 0.05) is 24.6 Å². The molecular weight excluding hydrogens is 557 g/mol. The van der Waals surface area contributed by atoms with Gasteiger partial charge in [-0.1, -0.05) is 11.6 Å². The van der Waals surface area contributed by atoms with Crippen molar-refractivity contribution in [2.75, 3.05) is 18.7 Å². The van der Waals surface area contributed by atoms with E-state index in [0.29, 0.717) is 16.7 Å². The number of fused-ring (bicyclic) bond motifs is 4. The van der Waals surface area contributed by atoms with Crippen LogP contribution in [0.25, 0.3) is 28.4 Å². The van der Waals surface area contributed by atoms with Crippen LogP contribution in [0, 0.1) is 23.6 Å². The molecule has 0 aliphatic heterocycles. The molecule has 4 aromatic heterocycles. The third-order valence-corrected chi connectivity index (χ3v) is 7.89. The molecule has 0 saturated heterocycles. The van der Waals surface area contributed by atoms with E-state index in [1.54, 1.807) is 42.2 Å². The summed E-state index contributed by atoms with van der Waals surface area (Å²) in [5.41, 5.74) is 1.41. The molecule has 0 aromatic carbocycles. The van der Waals surface area contributed by atoms with Crippen molar-refractivity contribution in [3.05, 3.63) is 47.9 Å². The minimum absolute atomic E-state index is 0.0229. The summed E-state index contributed by atoms with van der Waals surface area (Å²) in [6, 6.07) is 3.07. The molecule has 3 aliphatic carbocycles. The molecule has 3 fully saturated rings. The Labute approximate surface area is 238 Å². The maximum atomic E-state index is 16.1. The molecule has 214 valence electrons. The van der Waals surface area contributed by atoms with Gasteiger partial charge in [-0.3, -0.25) is 4.79 Å². The standard InChI is InChI=1S/C27H27ClFN7O5/c1-2-39-27(38)41-13-40-26(37)18-14-5-7-15(8-6-14)20(18)33-23-19(29)25(36-9-3-4-10-36)35-22(34-23)16-11-30-24-21(16)32-17(28)12-31-24/h3-4,9-12,14-15,18,20H,2,5-8,13H2,1H3,(H,30,31)(H,33,34,35)/t14?,15?,18-,20-/m0/s1. The molecule has 3 saturated carbocycles. The van der Waals surface area contributed by atoms with Crippen LogP contribution in [0.1, 0.15) is 32.6 Å². The Morgan fingerprint density at radius 3 is 2.61 bits per heavy atom. The van der Waals surface area contributed by atoms with Crippen LogP contribution < -0.4 is 5.32 Å². The number of hydrogen-bond donors (Lipinski definition) is 2. The normalized spacial score (nSPS) is 21.5. The molecular formula is C27H27ClFN7O5. The van der Waals surface area contributed by atoms with Crippen LogP contribution in [-0.4, -0.2) is 61.1 Å². The van der Waals surface area contributed by atoms with E-state index in [9.17, 15) is 9.59 Å². The molecule has 0 unspecified atom stereocenters. The lowest BCUT2D eigenvalue weighted by Crippen LogP contribution is -2.52. The Morgan fingerprint density at radius 1 is 1.10 bits per heavy atom. The highest BCUT2D eigenvalue weighted by molar-refractivity contribution is 6.29. The second-order valence-corrected chi connectivity index (χ2v) is 10.4. The first-order valence-corrected chi connectivity index (χ1v) is 13.7. The zero-order chi connectivity index (χ0) is 28.5. The summed E-state index contributed by atoms with van der Waals surface area (Å²) in [5, 5.41) is 3.44. The first-order chi connectivity index (χ1) is 19.9. The van der Waals surface area contributed by atoms with Gasteiger partial charge in [0.05, 0.1) is 24.3 Å². The molecule has 0 amide bonds. The fraction of sp³-hybridized carbons (Fsp3) is 0.407. The van der Waals surface area contributed by atoms with E-state index in [0.717, 1.165) is 25.7 Å². The van der Waals surface area contributed by atoms with Crippen LogP contribution in [0.4, 0.5) is 15.0 Å². The van der Waals surface area contributed by atoms with E-state index in [2.05, 4.69) is 30.2 Å². The molecule has 2 atom stereocenters. The topological polar surface area (TPSA) is 146 Å². The lowest BCUT2D eigenvalue weighted by atomic mass is 9.61. The van der Waals surface area contributed by atoms with Crippen LogP contribution in [0.5, 0.6) is 0 Å². The van der Waals surface area contributed by atoms with Crippen molar-refractivity contribution >= 4 is 40.7 Å². The average Bonchev–Trinajstić information content (AvgIpc) is 3.65. The molecule has 2 N–H and O–H groups in total. The van der Waals surface area contributed by atoms with Gasteiger partial charge >= 0.3 is 12.1 Å². The van der Waals surface area contributed by atoms with E-state index < -0.39 is 36.7 Å². The fourth-order valence-corrected chi connectivity index (χ4v) is 6.02. The number of carbonyl (C=O) groups is 2. The summed E-state index contributed by atoms with van der Waals surface area (Å²) in [4.78, 5) is 45.5. The molecule has 7 rings (SSSR count). The number of aromatic nitrogens is 6. The number of nitrogens with zero attached hydrogens (tertiary/aromatic N) is 5. The minimum atomic E-state index is -0.920. The highest BCUT2D eigenvalue weighted by Gasteiger charge is 2.48. The first kappa shape index (κ1) is 26.9. The highest BCUT2D eigenvalue weighted by atomic mass is 35.5. The quantitative estimate of drug-likeness (QED) is 0.217. The Bertz CT molecular complexity index is 1570. The number of hydrogen-bond acceptors (Lipinski definition) is 10. The summed E-state index contributed by atoms with van der Waals surface area (Å²) >= 11 is 6.10. The second kappa shape index (κ2) is 11.3. The predicted octanol–water partition coefficient (Wildman–Crippen LogP) is 4.89. The SMILES string of the molecule is CCOC(=O)OCOC(=O)[C@H]1C2CCC(CC2)[C@@H]1Nc1nc(-c2c[nH]c3ncc(Cl)nc23)nc(-n2cccc2)c1F. The average molecular weight is 584 g/mol. The van der Waals surface area contributed by atoms with Crippen molar-refractivity contribution in [2.24, 2.45) is 17.8 Å². The molecule has 0 radical (unpaired) electrons. The van der Waals surface area contributed by atoms with E-state index in [1.165, 1.54) is 6.20 Å². The summed E-state index contributed by atoms with van der Waals surface area (Å²) in [6.45, 7) is 1.22. The van der Waals surface area contributed by atoms with E-state index in [4.69, 9.17) is 25.8 Å². The molecule has 4 heterocycles. The Balaban J connectivity index is 1.35. The van der Waals surface area contributed by atoms with Crippen molar-refractivity contribution in [1.29, 1.82) is 0 Å². The van der Waals surface area contributed by atoms with Crippen molar-refractivity contribution < 1.29 is 28.2 Å². The van der Waals surface area contributed by atoms with Gasteiger partial charge in [0.15, 0.2) is 23.1 Å². The van der Waals surface area contributed by atoms with Crippen LogP contribution in [0.15, 0.2) is 36.9 Å². The number of aromatic amines is 1. The molecule has 0 spiro atoms. The summed E-state index contributed by atoms with van der Waals surface area (Å²) in [6.07, 6.45) is 8.96. The minimum Gasteiger partial charge on any atom is -0.435 e. The van der Waals surface area contributed by atoms with Crippen LogP contribution in [0.3, 0.4) is 0 Å². The highest BCUT2D eigenvalue weighted by Crippen LogP contribution is 2.47.